The van der Waals surface area contributed by atoms with E-state index < -0.39 is 29.6 Å². The molecule has 2 aromatic rings. The average Bonchev–Trinajstić information content (AvgIpc) is 3.65. The summed E-state index contributed by atoms with van der Waals surface area (Å²) in [7, 11) is 2.07. The fourth-order valence-electron chi connectivity index (χ4n) is 7.45. The summed E-state index contributed by atoms with van der Waals surface area (Å²) in [6, 6.07) is 17.3. The van der Waals surface area contributed by atoms with Crippen LogP contribution in [0.5, 0.6) is 0 Å². The third kappa shape index (κ3) is 5.99. The number of carbonyl (C=O) groups excluding carboxylic acids is 3. The van der Waals surface area contributed by atoms with Crippen molar-refractivity contribution < 1.29 is 19.1 Å². The summed E-state index contributed by atoms with van der Waals surface area (Å²) in [5.74, 6) is -2.02. The Bertz CT molecular complexity index is 1360. The van der Waals surface area contributed by atoms with Crippen molar-refractivity contribution in [1.29, 1.82) is 0 Å². The fraction of sp³-hybridized carbons (Fsp3) is 0.500. The van der Waals surface area contributed by atoms with Gasteiger partial charge in [-0.3, -0.25) is 14.4 Å². The van der Waals surface area contributed by atoms with Crippen molar-refractivity contribution in [2.45, 2.75) is 73.8 Å². The van der Waals surface area contributed by atoms with E-state index >= 15 is 0 Å². The highest BCUT2D eigenvalue weighted by molar-refractivity contribution is 7.98. The number of amides is 3. The molecule has 9 heteroatoms. The molecule has 43 heavy (non-hydrogen) atoms. The van der Waals surface area contributed by atoms with E-state index in [0.717, 1.165) is 43.7 Å². The number of fused-ring (bicyclic) bond motifs is 1. The van der Waals surface area contributed by atoms with Gasteiger partial charge in [0.25, 0.3) is 0 Å². The molecule has 3 fully saturated rings. The Morgan fingerprint density at radius 3 is 2.63 bits per heavy atom. The van der Waals surface area contributed by atoms with Gasteiger partial charge in [0.15, 0.2) is 0 Å². The third-order valence-electron chi connectivity index (χ3n) is 9.45. The molecule has 2 N–H and O–H groups in total. The minimum absolute atomic E-state index is 0.107. The van der Waals surface area contributed by atoms with Crippen LogP contribution >= 0.6 is 11.8 Å². The molecule has 0 radical (unpaired) electrons. The maximum Gasteiger partial charge on any atom is 0.246 e. The molecule has 2 aromatic carbocycles. The highest BCUT2D eigenvalue weighted by Gasteiger charge is 2.72. The van der Waals surface area contributed by atoms with Gasteiger partial charge in [0, 0.05) is 29.7 Å². The smallest absolute Gasteiger partial charge is 0.246 e. The lowest BCUT2D eigenvalue weighted by molar-refractivity contribution is -0.141. The predicted molar refractivity (Wildman–Crippen MR) is 168 cm³/mol. The van der Waals surface area contributed by atoms with Crippen LogP contribution in [0.25, 0.3) is 0 Å². The van der Waals surface area contributed by atoms with Crippen LogP contribution in [-0.2, 0) is 25.7 Å². The van der Waals surface area contributed by atoms with Gasteiger partial charge >= 0.3 is 0 Å². The molecule has 4 aliphatic rings. The van der Waals surface area contributed by atoms with E-state index in [4.69, 9.17) is 4.74 Å². The van der Waals surface area contributed by atoms with Gasteiger partial charge in [0.2, 0.25) is 17.7 Å². The van der Waals surface area contributed by atoms with Crippen molar-refractivity contribution in [1.82, 2.24) is 15.1 Å². The monoisotopic (exact) mass is 602 g/mol. The van der Waals surface area contributed by atoms with Gasteiger partial charge in [-0.2, -0.15) is 0 Å². The van der Waals surface area contributed by atoms with Crippen LogP contribution in [0.3, 0.4) is 0 Å². The fourth-order valence-corrected chi connectivity index (χ4v) is 7.91. The lowest BCUT2D eigenvalue weighted by Gasteiger charge is -2.34. The molecule has 1 spiro atoms. The molecule has 2 saturated heterocycles. The zero-order valence-corrected chi connectivity index (χ0v) is 25.9. The first kappa shape index (κ1) is 29.9. The van der Waals surface area contributed by atoms with E-state index in [-0.39, 0.29) is 23.8 Å². The quantitative estimate of drug-likeness (QED) is 0.292. The first-order chi connectivity index (χ1) is 20.9. The van der Waals surface area contributed by atoms with Crippen molar-refractivity contribution in [2.75, 3.05) is 31.7 Å². The van der Waals surface area contributed by atoms with Crippen molar-refractivity contribution in [3.8, 4) is 0 Å². The molecule has 0 unspecified atom stereocenters. The normalized spacial score (nSPS) is 28.0. The van der Waals surface area contributed by atoms with Crippen LogP contribution in [0.15, 0.2) is 71.6 Å². The van der Waals surface area contributed by atoms with Crippen molar-refractivity contribution in [2.24, 2.45) is 11.8 Å². The average molecular weight is 603 g/mol. The number of nitrogens with zero attached hydrogens (tertiary/aromatic N) is 2. The molecule has 228 valence electrons. The second-order valence-corrected chi connectivity index (χ2v) is 13.3. The number of hydrogen-bond acceptors (Lipinski definition) is 6. The number of ether oxygens (including phenoxy) is 1. The Hall–Kier alpha value is -3.14. The topological polar surface area (TPSA) is 91.0 Å². The number of benzene rings is 2. The molecule has 3 aliphatic heterocycles. The van der Waals surface area contributed by atoms with Crippen molar-refractivity contribution in [3.63, 3.8) is 0 Å². The molecular formula is C34H42N4O4S. The third-order valence-corrected chi connectivity index (χ3v) is 10.2. The minimum Gasteiger partial charge on any atom is -0.359 e. The maximum atomic E-state index is 14.2. The SMILES string of the molecule is CSc1cccc(NC(=O)[C@H]2[C@H]3C=C[C@]4(O3)[C@H](C(=O)NC3CCCCC3)N(CCCN(C)Cc3ccccc3)C(=O)[C@@H]24)c1. The first-order valence-corrected chi connectivity index (χ1v) is 16.8. The summed E-state index contributed by atoms with van der Waals surface area (Å²) in [5.41, 5.74) is 0.778. The van der Waals surface area contributed by atoms with Crippen molar-refractivity contribution in [3.05, 3.63) is 72.3 Å². The second-order valence-electron chi connectivity index (χ2n) is 12.4. The molecule has 2 bridgehead atoms. The Kier molecular flexibility index (Phi) is 8.93. The molecule has 1 saturated carbocycles. The summed E-state index contributed by atoms with van der Waals surface area (Å²) >= 11 is 1.60. The van der Waals surface area contributed by atoms with Crippen LogP contribution in [0.2, 0.25) is 0 Å². The summed E-state index contributed by atoms with van der Waals surface area (Å²) in [6.07, 6.45) is 11.2. The van der Waals surface area contributed by atoms with E-state index in [2.05, 4.69) is 34.7 Å². The summed E-state index contributed by atoms with van der Waals surface area (Å²) in [4.78, 5) is 47.0. The number of nitrogens with one attached hydrogen (secondary N) is 2. The number of likely N-dealkylation sites (tertiary alicyclic amines) is 1. The van der Waals surface area contributed by atoms with Gasteiger partial charge in [-0.25, -0.2) is 0 Å². The Morgan fingerprint density at radius 2 is 1.86 bits per heavy atom. The van der Waals surface area contributed by atoms with E-state index in [1.807, 2.05) is 60.9 Å². The Morgan fingerprint density at radius 1 is 1.07 bits per heavy atom. The van der Waals surface area contributed by atoms with E-state index in [0.29, 0.717) is 18.7 Å². The standard InChI is InChI=1S/C34H42N4O4S/c1-37(22-23-11-5-3-6-12-23)19-10-20-38-30(32(40)35-24-13-7-4-8-14-24)34-18-17-27(42-34)28(29(34)33(38)41)31(39)36-25-15-9-16-26(21-25)43-2/h3,5-6,9,11-12,15-18,21,24,27-30H,4,7-8,10,13-14,19-20,22H2,1-2H3,(H,35,40)(H,36,39)/t27-,28+,29-,30+,34-/m1/s1. The molecule has 1 aliphatic carbocycles. The molecule has 6 rings (SSSR count). The predicted octanol–water partition coefficient (Wildman–Crippen LogP) is 4.47. The van der Waals surface area contributed by atoms with E-state index in [1.165, 1.54) is 12.0 Å². The van der Waals surface area contributed by atoms with Gasteiger partial charge in [-0.1, -0.05) is 67.8 Å². The molecular weight excluding hydrogens is 560 g/mol. The molecule has 3 heterocycles. The van der Waals surface area contributed by atoms with Gasteiger partial charge in [-0.05, 0) is 62.9 Å². The molecule has 3 amide bonds. The lowest BCUT2D eigenvalue weighted by Crippen LogP contribution is -2.56. The summed E-state index contributed by atoms with van der Waals surface area (Å²) in [5, 5.41) is 6.31. The minimum atomic E-state index is -1.14. The van der Waals surface area contributed by atoms with Crippen LogP contribution in [-0.4, -0.2) is 77.7 Å². The van der Waals surface area contributed by atoms with Gasteiger partial charge in [0.05, 0.1) is 17.9 Å². The second kappa shape index (κ2) is 12.8. The van der Waals surface area contributed by atoms with Gasteiger partial charge < -0.3 is 25.2 Å². The van der Waals surface area contributed by atoms with Gasteiger partial charge in [0.1, 0.15) is 11.6 Å². The number of hydrogen-bond donors (Lipinski definition) is 2. The highest BCUT2D eigenvalue weighted by Crippen LogP contribution is 2.55. The van der Waals surface area contributed by atoms with Crippen LogP contribution in [0.1, 0.15) is 44.1 Å². The lowest BCUT2D eigenvalue weighted by atomic mass is 9.74. The molecule has 8 nitrogen and oxygen atoms in total. The largest absolute Gasteiger partial charge is 0.359 e. The van der Waals surface area contributed by atoms with Crippen LogP contribution < -0.4 is 10.6 Å². The van der Waals surface area contributed by atoms with Crippen LogP contribution in [0.4, 0.5) is 5.69 Å². The van der Waals surface area contributed by atoms with Crippen LogP contribution in [0, 0.1) is 11.8 Å². The van der Waals surface area contributed by atoms with Gasteiger partial charge in [-0.15, -0.1) is 11.8 Å². The Labute approximate surface area is 258 Å². The first-order valence-electron chi connectivity index (χ1n) is 15.5. The number of thioether (sulfide) groups is 1. The van der Waals surface area contributed by atoms with E-state index in [9.17, 15) is 14.4 Å². The van der Waals surface area contributed by atoms with E-state index in [1.54, 1.807) is 16.7 Å². The zero-order chi connectivity index (χ0) is 30.0. The maximum absolute atomic E-state index is 14.2. The number of carbonyl (C=O) groups is 3. The number of rotatable bonds is 11. The van der Waals surface area contributed by atoms with Crippen molar-refractivity contribution >= 4 is 35.2 Å². The summed E-state index contributed by atoms with van der Waals surface area (Å²) in [6.45, 7) is 1.99. The molecule has 0 aromatic heterocycles. The number of anilines is 1. The zero-order valence-electron chi connectivity index (χ0n) is 25.0. The molecule has 5 atom stereocenters. The summed E-state index contributed by atoms with van der Waals surface area (Å²) < 4.78 is 6.52. The Balaban J connectivity index is 1.21. The highest BCUT2D eigenvalue weighted by atomic mass is 32.2.